The van der Waals surface area contributed by atoms with E-state index in [1.807, 2.05) is 0 Å². The topological polar surface area (TPSA) is 79.3 Å². The van der Waals surface area contributed by atoms with Crippen LogP contribution in [-0.4, -0.2) is 14.1 Å². The zero-order chi connectivity index (χ0) is 21.4. The van der Waals surface area contributed by atoms with Gasteiger partial charge in [0.15, 0.2) is 5.75 Å². The van der Waals surface area contributed by atoms with Crippen molar-refractivity contribution in [1.82, 2.24) is 9.13 Å². The summed E-state index contributed by atoms with van der Waals surface area (Å²) in [5.74, 6) is 0.507. The van der Waals surface area contributed by atoms with Crippen molar-refractivity contribution < 1.29 is 18.4 Å². The predicted molar refractivity (Wildman–Crippen MR) is 107 cm³/mol. The molecule has 9 heteroatoms. The van der Waals surface area contributed by atoms with E-state index in [1.165, 1.54) is 51.6 Å². The van der Waals surface area contributed by atoms with Crippen molar-refractivity contribution in [3.8, 4) is 17.2 Å². The molecule has 0 aliphatic carbocycles. The first-order valence-electron chi connectivity index (χ1n) is 8.86. The van der Waals surface area contributed by atoms with E-state index in [0.29, 0.717) is 10.9 Å². The minimum atomic E-state index is -2.60. The van der Waals surface area contributed by atoms with Gasteiger partial charge in [-0.15, -0.1) is 0 Å². The molecular weight excluding hydrogens is 396 g/mol. The molecule has 0 fully saturated rings. The van der Waals surface area contributed by atoms with Gasteiger partial charge in [-0.2, -0.15) is 0 Å². The first kappa shape index (κ1) is 19.3. The molecule has 0 unspecified atom stereocenters. The van der Waals surface area contributed by atoms with Crippen molar-refractivity contribution >= 4 is 16.6 Å². The Kier molecular flexibility index (Phi) is 4.78. The molecule has 2 heterocycles. The van der Waals surface area contributed by atoms with Crippen LogP contribution in [0.4, 0.5) is 14.5 Å². The zero-order valence-corrected chi connectivity index (χ0v) is 15.7. The van der Waals surface area contributed by atoms with Crippen molar-refractivity contribution in [3.05, 3.63) is 93.0 Å². The maximum absolute atomic E-state index is 12.8. The highest BCUT2D eigenvalue weighted by Crippen LogP contribution is 2.34. The molecule has 0 aliphatic heterocycles. The van der Waals surface area contributed by atoms with E-state index in [2.05, 4.69) is 0 Å². The molecule has 0 bridgehead atoms. The van der Waals surface area contributed by atoms with Crippen molar-refractivity contribution in [1.29, 1.82) is 0 Å². The number of nitro benzene ring substituents is 1. The number of benzene rings is 2. The second-order valence-electron chi connectivity index (χ2n) is 6.60. The summed E-state index contributed by atoms with van der Waals surface area (Å²) in [7, 11) is 1.61. The van der Waals surface area contributed by atoms with Gasteiger partial charge in [0.1, 0.15) is 11.3 Å². The molecule has 152 valence electrons. The number of hydrogen-bond acceptors (Lipinski definition) is 4. The van der Waals surface area contributed by atoms with Crippen LogP contribution in [0, 0.1) is 10.1 Å². The minimum Gasteiger partial charge on any atom is -0.455 e. The summed E-state index contributed by atoms with van der Waals surface area (Å²) in [4.78, 5) is 23.4. The quantitative estimate of drug-likeness (QED) is 0.343. The average Bonchev–Trinajstić information content (AvgIpc) is 3.16. The van der Waals surface area contributed by atoms with Gasteiger partial charge in [-0.05, 0) is 42.5 Å². The lowest BCUT2D eigenvalue weighted by Gasteiger charge is -2.13. The van der Waals surface area contributed by atoms with Crippen molar-refractivity contribution in [3.63, 3.8) is 0 Å². The molecule has 30 heavy (non-hydrogen) atoms. The average molecular weight is 411 g/mol. The van der Waals surface area contributed by atoms with Crippen LogP contribution in [-0.2, 0) is 7.05 Å². The van der Waals surface area contributed by atoms with Gasteiger partial charge in [0.05, 0.1) is 10.6 Å². The molecule has 0 N–H and O–H groups in total. The van der Waals surface area contributed by atoms with Crippen LogP contribution in [0.25, 0.3) is 16.6 Å². The molecule has 0 atom stereocenters. The third kappa shape index (κ3) is 3.41. The Bertz CT molecular complexity index is 1310. The lowest BCUT2D eigenvalue weighted by Crippen LogP contribution is -2.18. The van der Waals surface area contributed by atoms with E-state index in [-0.39, 0.29) is 34.0 Å². The number of ether oxygens (including phenoxy) is 1. The highest BCUT2D eigenvalue weighted by molar-refractivity contribution is 5.81. The molecule has 7 nitrogen and oxygen atoms in total. The van der Waals surface area contributed by atoms with E-state index >= 15 is 0 Å². The van der Waals surface area contributed by atoms with Gasteiger partial charge in [0.2, 0.25) is 0 Å². The molecule has 0 aliphatic rings. The third-order valence-corrected chi connectivity index (χ3v) is 4.69. The number of aromatic nitrogens is 2. The number of fused-ring (bicyclic) bond motifs is 1. The van der Waals surface area contributed by atoms with Crippen LogP contribution >= 0.6 is 0 Å². The second kappa shape index (κ2) is 7.43. The fraction of sp³-hybridized carbons (Fsp3) is 0.0952. The molecule has 4 rings (SSSR count). The minimum absolute atomic E-state index is 0.147. The summed E-state index contributed by atoms with van der Waals surface area (Å²) in [6, 6.07) is 12.7. The third-order valence-electron chi connectivity index (χ3n) is 4.69. The summed E-state index contributed by atoms with van der Waals surface area (Å²) >= 11 is 0. The van der Waals surface area contributed by atoms with Crippen LogP contribution in [0.5, 0.6) is 11.5 Å². The smallest absolute Gasteiger partial charge is 0.275 e. The van der Waals surface area contributed by atoms with Crippen molar-refractivity contribution in [2.24, 2.45) is 7.05 Å². The first-order chi connectivity index (χ1) is 14.3. The zero-order valence-electron chi connectivity index (χ0n) is 15.7. The number of pyridine rings is 1. The van der Waals surface area contributed by atoms with Gasteiger partial charge in [-0.25, -0.2) is 8.78 Å². The number of nitrogens with zero attached hydrogens (tertiary/aromatic N) is 3. The molecule has 2 aromatic heterocycles. The van der Waals surface area contributed by atoms with Crippen molar-refractivity contribution in [2.45, 2.75) is 6.43 Å². The molecule has 4 aromatic rings. The first-order valence-corrected chi connectivity index (χ1v) is 8.86. The SMILES string of the molecule is Cn1ccc2ccn(-c3cc([N+](=O)[O-])ccc3Oc3ccc(C(F)F)cc3)c2c1=O. The molecular formula is C21H15F2N3O4. The highest BCUT2D eigenvalue weighted by Gasteiger charge is 2.18. The van der Waals surface area contributed by atoms with E-state index in [1.54, 1.807) is 31.6 Å². The largest absolute Gasteiger partial charge is 0.455 e. The van der Waals surface area contributed by atoms with Crippen LogP contribution in [0.1, 0.15) is 12.0 Å². The van der Waals surface area contributed by atoms with E-state index in [0.717, 1.165) is 0 Å². The summed E-state index contributed by atoms with van der Waals surface area (Å²) in [5.41, 5.74) is 0.00116. The van der Waals surface area contributed by atoms with Crippen LogP contribution in [0.15, 0.2) is 71.8 Å². The van der Waals surface area contributed by atoms with Gasteiger partial charge in [0, 0.05) is 42.5 Å². The Hall–Kier alpha value is -4.01. The van der Waals surface area contributed by atoms with Crippen LogP contribution < -0.4 is 10.3 Å². The number of halogens is 2. The number of hydrogen-bond donors (Lipinski definition) is 0. The Morgan fingerprint density at radius 1 is 1.03 bits per heavy atom. The maximum Gasteiger partial charge on any atom is 0.275 e. The number of alkyl halides is 2. The van der Waals surface area contributed by atoms with Gasteiger partial charge in [0.25, 0.3) is 17.7 Å². The Morgan fingerprint density at radius 3 is 2.40 bits per heavy atom. The fourth-order valence-corrected chi connectivity index (χ4v) is 3.14. The van der Waals surface area contributed by atoms with Crippen LogP contribution in [0.2, 0.25) is 0 Å². The van der Waals surface area contributed by atoms with Crippen LogP contribution in [0.3, 0.4) is 0 Å². The molecule has 0 saturated carbocycles. The fourth-order valence-electron chi connectivity index (χ4n) is 3.14. The summed E-state index contributed by atoms with van der Waals surface area (Å²) in [6.45, 7) is 0. The van der Waals surface area contributed by atoms with Gasteiger partial charge in [-0.3, -0.25) is 14.9 Å². The maximum atomic E-state index is 12.8. The molecule has 0 spiro atoms. The van der Waals surface area contributed by atoms with E-state index < -0.39 is 11.3 Å². The van der Waals surface area contributed by atoms with Gasteiger partial charge in [-0.1, -0.05) is 0 Å². The Morgan fingerprint density at radius 2 is 1.73 bits per heavy atom. The lowest BCUT2D eigenvalue weighted by atomic mass is 10.2. The number of nitro groups is 1. The Labute approximate surface area is 168 Å². The van der Waals surface area contributed by atoms with Gasteiger partial charge >= 0.3 is 0 Å². The number of non-ortho nitro benzene ring substituents is 1. The molecule has 2 aromatic carbocycles. The number of aryl methyl sites for hydroxylation is 1. The summed E-state index contributed by atoms with van der Waals surface area (Å²) in [5, 5.41) is 12.0. The normalized spacial score (nSPS) is 11.2. The second-order valence-corrected chi connectivity index (χ2v) is 6.60. The van der Waals surface area contributed by atoms with E-state index in [9.17, 15) is 23.7 Å². The molecule has 0 radical (unpaired) electrons. The lowest BCUT2D eigenvalue weighted by molar-refractivity contribution is -0.384. The molecule has 0 amide bonds. The standard InChI is InChI=1S/C21H15F2N3O4/c1-24-10-8-13-9-11-25(19(13)21(24)27)17-12-15(26(28)29)4-7-18(17)30-16-5-2-14(3-6-16)20(22)23/h2-12,20H,1H3. The monoisotopic (exact) mass is 411 g/mol. The summed E-state index contributed by atoms with van der Waals surface area (Å²) < 4.78 is 34.3. The van der Waals surface area contributed by atoms with Crippen molar-refractivity contribution in [2.75, 3.05) is 0 Å². The Balaban J connectivity index is 1.86. The summed E-state index contributed by atoms with van der Waals surface area (Å²) in [6.07, 6.45) is 0.652. The van der Waals surface area contributed by atoms with E-state index in [4.69, 9.17) is 4.74 Å². The van der Waals surface area contributed by atoms with Gasteiger partial charge < -0.3 is 13.9 Å². The predicted octanol–water partition coefficient (Wildman–Crippen LogP) is 4.97. The number of rotatable bonds is 5. The highest BCUT2D eigenvalue weighted by atomic mass is 19.3. The molecule has 0 saturated heterocycles.